The van der Waals surface area contributed by atoms with Crippen LogP contribution in [-0.2, 0) is 17.8 Å². The second kappa shape index (κ2) is 13.0. The normalized spacial score (nSPS) is 15.2. The maximum absolute atomic E-state index is 13.7. The van der Waals surface area contributed by atoms with Crippen LogP contribution in [0.15, 0.2) is 66.7 Å². The molecule has 0 radical (unpaired) electrons. The summed E-state index contributed by atoms with van der Waals surface area (Å²) in [5.74, 6) is -4.36. The summed E-state index contributed by atoms with van der Waals surface area (Å²) >= 11 is 6.33. The highest BCUT2D eigenvalue weighted by molar-refractivity contribution is 6.31. The molecule has 1 N–H and O–H groups in total. The summed E-state index contributed by atoms with van der Waals surface area (Å²) in [5.41, 5.74) is 3.89. The Kier molecular flexibility index (Phi) is 9.48. The smallest absolute Gasteiger partial charge is 0.231 e. The Morgan fingerprint density at radius 1 is 1.05 bits per heavy atom. The fourth-order valence-corrected chi connectivity index (χ4v) is 4.75. The van der Waals surface area contributed by atoms with E-state index in [-0.39, 0.29) is 18.4 Å². The summed E-state index contributed by atoms with van der Waals surface area (Å²) in [5, 5.41) is 3.94. The number of amides is 1. The lowest BCUT2D eigenvalue weighted by Crippen LogP contribution is -2.42. The molecule has 0 aliphatic carbocycles. The van der Waals surface area contributed by atoms with Gasteiger partial charge >= 0.3 is 0 Å². The van der Waals surface area contributed by atoms with E-state index in [2.05, 4.69) is 11.4 Å². The predicted octanol–water partition coefficient (Wildman–Crippen LogP) is 6.42. The molecule has 0 spiro atoms. The molecule has 38 heavy (non-hydrogen) atoms. The molecule has 3 aromatic carbocycles. The van der Waals surface area contributed by atoms with Crippen LogP contribution in [0.25, 0.3) is 5.57 Å². The summed E-state index contributed by atoms with van der Waals surface area (Å²) in [6.45, 7) is 4.26. The summed E-state index contributed by atoms with van der Waals surface area (Å²) in [6, 6.07) is 17.1. The van der Waals surface area contributed by atoms with Gasteiger partial charge in [-0.15, -0.1) is 0 Å². The molecule has 0 fully saturated rings. The number of carbonyl (C=O) groups is 1. The van der Waals surface area contributed by atoms with Crippen molar-refractivity contribution in [2.45, 2.75) is 26.3 Å². The average Bonchev–Trinajstić information content (AvgIpc) is 2.94. The fourth-order valence-electron chi connectivity index (χ4n) is 4.55. The van der Waals surface area contributed by atoms with E-state index in [1.54, 1.807) is 0 Å². The monoisotopic (exact) mass is 542 g/mol. The Labute approximate surface area is 226 Å². The number of hydrogen-bond acceptors (Lipinski definition) is 3. The van der Waals surface area contributed by atoms with Crippen molar-refractivity contribution >= 4 is 23.1 Å². The van der Waals surface area contributed by atoms with E-state index in [4.69, 9.17) is 16.3 Å². The van der Waals surface area contributed by atoms with Gasteiger partial charge in [0.2, 0.25) is 11.7 Å². The van der Waals surface area contributed by atoms with Gasteiger partial charge in [-0.25, -0.2) is 8.78 Å². The molecule has 1 aliphatic rings. The van der Waals surface area contributed by atoms with Crippen LogP contribution in [0.1, 0.15) is 30.0 Å². The lowest BCUT2D eigenvalue weighted by Gasteiger charge is -2.31. The van der Waals surface area contributed by atoms with Crippen LogP contribution in [-0.4, -0.2) is 37.0 Å². The summed E-state index contributed by atoms with van der Waals surface area (Å²) < 4.78 is 45.9. The zero-order valence-corrected chi connectivity index (χ0v) is 21.9. The minimum absolute atomic E-state index is 0.0453. The van der Waals surface area contributed by atoms with Crippen LogP contribution in [0, 0.1) is 23.4 Å². The van der Waals surface area contributed by atoms with Crippen LogP contribution >= 0.6 is 11.6 Å². The van der Waals surface area contributed by atoms with Crippen LogP contribution in [0.2, 0.25) is 5.02 Å². The Hall–Kier alpha value is -3.29. The molecule has 1 atom stereocenters. The first kappa shape index (κ1) is 27.7. The first-order valence-corrected chi connectivity index (χ1v) is 13.1. The number of aryl methyl sites for hydroxylation is 1. The molecule has 0 aromatic heterocycles. The van der Waals surface area contributed by atoms with Crippen molar-refractivity contribution in [2.24, 2.45) is 5.92 Å². The standard InChI is InChI=1S/C30H30ClF3N2O2/c1-2-36(19-22-7-3-4-8-25(22)31)30(37)24-18-35-16-15-23(24)21-11-9-20(10-12-21)6-5-17-38-29-27(33)14-13-26(32)28(29)34/h3-4,7-15,24,35H,2,5-6,16-19H2,1H3. The number of ether oxygens (including phenoxy) is 1. The average molecular weight is 543 g/mol. The number of rotatable bonds is 10. The lowest BCUT2D eigenvalue weighted by molar-refractivity contribution is -0.134. The molecule has 1 heterocycles. The maximum atomic E-state index is 13.7. The van der Waals surface area contributed by atoms with Crippen molar-refractivity contribution in [3.8, 4) is 5.75 Å². The van der Waals surface area contributed by atoms with E-state index in [0.717, 1.165) is 34.4 Å². The SMILES string of the molecule is CCN(Cc1ccccc1Cl)C(=O)C1CNCC=C1c1ccc(CCCOc2c(F)ccc(F)c2F)cc1. The molecule has 1 unspecified atom stereocenters. The number of halogens is 4. The van der Waals surface area contributed by atoms with E-state index in [9.17, 15) is 18.0 Å². The molecule has 1 aliphatic heterocycles. The molecule has 3 aromatic rings. The van der Waals surface area contributed by atoms with Gasteiger partial charge in [0.25, 0.3) is 0 Å². The van der Waals surface area contributed by atoms with Gasteiger partial charge in [-0.3, -0.25) is 4.79 Å². The second-order valence-electron chi connectivity index (χ2n) is 9.14. The van der Waals surface area contributed by atoms with Crippen LogP contribution in [0.5, 0.6) is 5.75 Å². The third kappa shape index (κ3) is 6.58. The highest BCUT2D eigenvalue weighted by Crippen LogP contribution is 2.29. The highest BCUT2D eigenvalue weighted by Gasteiger charge is 2.29. The molecule has 200 valence electrons. The van der Waals surface area contributed by atoms with Gasteiger partial charge in [0.05, 0.1) is 12.5 Å². The van der Waals surface area contributed by atoms with Crippen molar-refractivity contribution in [1.29, 1.82) is 0 Å². The topological polar surface area (TPSA) is 41.6 Å². The minimum atomic E-state index is -1.32. The van der Waals surface area contributed by atoms with Gasteiger partial charge in [-0.05, 0) is 60.2 Å². The number of nitrogens with zero attached hydrogens (tertiary/aromatic N) is 1. The zero-order valence-electron chi connectivity index (χ0n) is 21.2. The van der Waals surface area contributed by atoms with Gasteiger partial charge < -0.3 is 15.0 Å². The van der Waals surface area contributed by atoms with E-state index in [0.29, 0.717) is 44.0 Å². The molecule has 0 saturated carbocycles. The summed E-state index contributed by atoms with van der Waals surface area (Å²) in [7, 11) is 0. The Morgan fingerprint density at radius 2 is 1.79 bits per heavy atom. The van der Waals surface area contributed by atoms with Crippen LogP contribution in [0.3, 0.4) is 0 Å². The first-order chi connectivity index (χ1) is 18.4. The molecular weight excluding hydrogens is 513 g/mol. The third-order valence-electron chi connectivity index (χ3n) is 6.65. The van der Waals surface area contributed by atoms with Crippen molar-refractivity contribution in [3.63, 3.8) is 0 Å². The molecule has 8 heteroatoms. The van der Waals surface area contributed by atoms with Crippen molar-refractivity contribution < 1.29 is 22.7 Å². The molecule has 0 saturated heterocycles. The highest BCUT2D eigenvalue weighted by atomic mass is 35.5. The van der Waals surface area contributed by atoms with Gasteiger partial charge in [0, 0.05) is 31.2 Å². The molecular formula is C30H30ClF3N2O2. The van der Waals surface area contributed by atoms with E-state index < -0.39 is 23.2 Å². The largest absolute Gasteiger partial charge is 0.488 e. The summed E-state index contributed by atoms with van der Waals surface area (Å²) in [6.07, 6.45) is 3.17. The van der Waals surface area contributed by atoms with Gasteiger partial charge in [0.1, 0.15) is 0 Å². The number of hydrogen-bond donors (Lipinski definition) is 1. The van der Waals surface area contributed by atoms with E-state index in [1.807, 2.05) is 60.4 Å². The van der Waals surface area contributed by atoms with E-state index >= 15 is 0 Å². The van der Waals surface area contributed by atoms with Crippen molar-refractivity contribution in [1.82, 2.24) is 10.2 Å². The predicted molar refractivity (Wildman–Crippen MR) is 143 cm³/mol. The van der Waals surface area contributed by atoms with Crippen LogP contribution in [0.4, 0.5) is 13.2 Å². The Balaban J connectivity index is 1.38. The minimum Gasteiger partial charge on any atom is -0.488 e. The summed E-state index contributed by atoms with van der Waals surface area (Å²) in [4.78, 5) is 15.4. The number of nitrogens with one attached hydrogen (secondary N) is 1. The van der Waals surface area contributed by atoms with Gasteiger partial charge in [0.15, 0.2) is 17.4 Å². The molecule has 1 amide bonds. The molecule has 4 nitrogen and oxygen atoms in total. The quantitative estimate of drug-likeness (QED) is 0.237. The number of benzene rings is 3. The second-order valence-corrected chi connectivity index (χ2v) is 9.54. The van der Waals surface area contributed by atoms with Crippen LogP contribution < -0.4 is 10.1 Å². The zero-order chi connectivity index (χ0) is 27.1. The Morgan fingerprint density at radius 3 is 2.53 bits per heavy atom. The lowest BCUT2D eigenvalue weighted by atomic mass is 9.88. The molecule has 0 bridgehead atoms. The fraction of sp³-hybridized carbons (Fsp3) is 0.300. The third-order valence-corrected chi connectivity index (χ3v) is 7.01. The number of carbonyl (C=O) groups excluding carboxylic acids is 1. The van der Waals surface area contributed by atoms with E-state index in [1.165, 1.54) is 0 Å². The first-order valence-electron chi connectivity index (χ1n) is 12.7. The van der Waals surface area contributed by atoms with Crippen molar-refractivity contribution in [3.05, 3.63) is 106 Å². The Bertz CT molecular complexity index is 1300. The molecule has 4 rings (SSSR count). The van der Waals surface area contributed by atoms with Gasteiger partial charge in [-0.1, -0.05) is 60.1 Å². The maximum Gasteiger partial charge on any atom is 0.231 e. The van der Waals surface area contributed by atoms with Crippen molar-refractivity contribution in [2.75, 3.05) is 26.2 Å². The van der Waals surface area contributed by atoms with Gasteiger partial charge in [-0.2, -0.15) is 4.39 Å².